The number of benzene rings is 4. The van der Waals surface area contributed by atoms with E-state index in [0.29, 0.717) is 5.56 Å². The van der Waals surface area contributed by atoms with Gasteiger partial charge in [0.15, 0.2) is 0 Å². The summed E-state index contributed by atoms with van der Waals surface area (Å²) in [5.74, 6) is 0. The molecule has 2 aromatic heterocycles. The number of furan rings is 1. The largest absolute Gasteiger partial charge is 0.456 e. The lowest BCUT2D eigenvalue weighted by molar-refractivity contribution is 0.591. The van der Waals surface area contributed by atoms with Gasteiger partial charge in [-0.15, -0.1) is 0 Å². The molecule has 30 heavy (non-hydrogen) atoms. The van der Waals surface area contributed by atoms with Crippen molar-refractivity contribution in [2.24, 2.45) is 0 Å². The maximum absolute atomic E-state index is 8.22. The molecule has 0 N–H and O–H groups in total. The number of fused-ring (bicyclic) bond motifs is 9. The Morgan fingerprint density at radius 1 is 0.767 bits per heavy atom. The number of aryl methyl sites for hydroxylation is 1. The molecule has 0 saturated heterocycles. The second-order valence-corrected chi connectivity index (χ2v) is 9.06. The summed E-state index contributed by atoms with van der Waals surface area (Å²) in [6.07, 6.45) is 1.55. The molecule has 0 aliphatic carbocycles. The first-order valence-corrected chi connectivity index (χ1v) is 10.2. The molecular formula is C28H23NO. The van der Waals surface area contributed by atoms with Crippen LogP contribution in [-0.2, 0) is 5.41 Å². The summed E-state index contributed by atoms with van der Waals surface area (Å²) in [5.41, 5.74) is 3.19. The predicted octanol–water partition coefficient (Wildman–Crippen LogP) is 8.05. The van der Waals surface area contributed by atoms with Gasteiger partial charge in [-0.2, -0.15) is 0 Å². The van der Waals surface area contributed by atoms with E-state index in [1.165, 1.54) is 0 Å². The second kappa shape index (κ2) is 5.82. The van der Waals surface area contributed by atoms with Crippen LogP contribution in [0.1, 0.15) is 36.0 Å². The van der Waals surface area contributed by atoms with Crippen molar-refractivity contribution < 1.29 is 8.53 Å². The van der Waals surface area contributed by atoms with E-state index in [0.717, 1.165) is 59.9 Å². The molecule has 2 heterocycles. The lowest BCUT2D eigenvalue weighted by Gasteiger charge is -2.25. The second-order valence-electron chi connectivity index (χ2n) is 9.06. The number of rotatable bonds is 0. The van der Waals surface area contributed by atoms with Crippen molar-refractivity contribution in [3.05, 3.63) is 78.0 Å². The summed E-state index contributed by atoms with van der Waals surface area (Å²) in [6.45, 7) is 3.94. The van der Waals surface area contributed by atoms with Crippen molar-refractivity contribution in [1.29, 1.82) is 0 Å². The van der Waals surface area contributed by atoms with Crippen molar-refractivity contribution in [3.8, 4) is 0 Å². The first kappa shape index (κ1) is 14.6. The van der Waals surface area contributed by atoms with E-state index >= 15 is 0 Å². The fraction of sp³-hybridized carbons (Fsp3) is 0.179. The highest BCUT2D eigenvalue weighted by atomic mass is 16.3. The highest BCUT2D eigenvalue weighted by Gasteiger charge is 2.23. The third-order valence-electron chi connectivity index (χ3n) is 6.09. The van der Waals surface area contributed by atoms with E-state index in [1.807, 2.05) is 30.3 Å². The monoisotopic (exact) mass is 392 g/mol. The van der Waals surface area contributed by atoms with Crippen LogP contribution in [0.5, 0.6) is 0 Å². The number of para-hydroxylation sites is 1. The Labute approximate surface area is 179 Å². The molecule has 0 unspecified atom stereocenters. The minimum absolute atomic E-state index is 0.309. The van der Waals surface area contributed by atoms with Crippen LogP contribution >= 0.6 is 0 Å². The molecule has 0 atom stereocenters. The average Bonchev–Trinajstić information content (AvgIpc) is 3.13. The fourth-order valence-corrected chi connectivity index (χ4v) is 4.88. The molecule has 2 heteroatoms. The number of pyridine rings is 1. The normalized spacial score (nSPS) is 14.6. The lowest BCUT2D eigenvalue weighted by Crippen LogP contribution is -2.14. The zero-order valence-corrected chi connectivity index (χ0v) is 17.2. The summed E-state index contributed by atoms with van der Waals surface area (Å²) in [7, 11) is 0. The van der Waals surface area contributed by atoms with Crippen LogP contribution in [0.2, 0.25) is 0 Å². The number of aromatic nitrogens is 1. The molecule has 4 aromatic carbocycles. The van der Waals surface area contributed by atoms with E-state index in [-0.39, 0.29) is 0 Å². The molecule has 146 valence electrons. The van der Waals surface area contributed by atoms with E-state index in [1.54, 1.807) is 6.20 Å². The summed E-state index contributed by atoms with van der Waals surface area (Å²) < 4.78 is 30.9. The van der Waals surface area contributed by atoms with Crippen molar-refractivity contribution in [2.75, 3.05) is 0 Å². The molecule has 0 radical (unpaired) electrons. The summed E-state index contributed by atoms with van der Waals surface area (Å²) in [6, 6.07) is 20.5. The molecule has 0 saturated carbocycles. The third-order valence-corrected chi connectivity index (χ3v) is 6.09. The van der Waals surface area contributed by atoms with E-state index in [9.17, 15) is 0 Å². The maximum atomic E-state index is 8.22. The topological polar surface area (TPSA) is 26.0 Å². The Kier molecular flexibility index (Phi) is 2.83. The van der Waals surface area contributed by atoms with Gasteiger partial charge >= 0.3 is 0 Å². The van der Waals surface area contributed by atoms with Gasteiger partial charge in [-0.05, 0) is 57.8 Å². The predicted molar refractivity (Wildman–Crippen MR) is 127 cm³/mol. The molecule has 6 rings (SSSR count). The summed E-state index contributed by atoms with van der Waals surface area (Å²) >= 11 is 0. The Balaban J connectivity index is 1.95. The van der Waals surface area contributed by atoms with Crippen molar-refractivity contribution >= 4 is 54.4 Å². The van der Waals surface area contributed by atoms with Crippen LogP contribution in [-0.4, -0.2) is 4.98 Å². The highest BCUT2D eigenvalue weighted by molar-refractivity contribution is 6.28. The number of hydrogen-bond donors (Lipinski definition) is 0. The zero-order chi connectivity index (χ0) is 23.1. The molecule has 0 aliphatic heterocycles. The molecule has 0 bridgehead atoms. The van der Waals surface area contributed by atoms with Gasteiger partial charge in [-0.25, -0.2) is 0 Å². The molecule has 0 spiro atoms. The van der Waals surface area contributed by atoms with Gasteiger partial charge in [0, 0.05) is 31.9 Å². The Hall–Kier alpha value is -3.39. The zero-order valence-electron chi connectivity index (χ0n) is 20.2. The van der Waals surface area contributed by atoms with E-state index in [2.05, 4.69) is 51.1 Å². The Bertz CT molecular complexity index is 1740. The van der Waals surface area contributed by atoms with Gasteiger partial charge < -0.3 is 4.42 Å². The number of nitrogens with zero attached hydrogens (tertiary/aromatic N) is 1. The van der Waals surface area contributed by atoms with Crippen LogP contribution in [0.15, 0.2) is 71.3 Å². The van der Waals surface area contributed by atoms with Crippen LogP contribution in [0.4, 0.5) is 0 Å². The summed E-state index contributed by atoms with van der Waals surface area (Å²) in [5, 5.41) is 7.19. The molecular weight excluding hydrogens is 366 g/mol. The quantitative estimate of drug-likeness (QED) is 0.244. The van der Waals surface area contributed by atoms with Gasteiger partial charge in [0.25, 0.3) is 0 Å². The molecule has 6 aromatic rings. The van der Waals surface area contributed by atoms with Gasteiger partial charge in [0.1, 0.15) is 11.2 Å². The van der Waals surface area contributed by atoms with Crippen LogP contribution in [0.3, 0.4) is 0 Å². The van der Waals surface area contributed by atoms with E-state index in [4.69, 9.17) is 13.5 Å². The smallest absolute Gasteiger partial charge is 0.136 e. The highest BCUT2D eigenvalue weighted by Crippen LogP contribution is 2.43. The molecule has 2 nitrogen and oxygen atoms in total. The average molecular weight is 393 g/mol. The van der Waals surface area contributed by atoms with Crippen LogP contribution in [0.25, 0.3) is 54.4 Å². The van der Waals surface area contributed by atoms with Crippen LogP contribution < -0.4 is 0 Å². The number of hydrogen-bond acceptors (Lipinski definition) is 2. The minimum Gasteiger partial charge on any atom is -0.456 e. The van der Waals surface area contributed by atoms with Gasteiger partial charge in [0.2, 0.25) is 0 Å². The first-order chi connectivity index (χ1) is 15.6. The van der Waals surface area contributed by atoms with Gasteiger partial charge in [-0.1, -0.05) is 63.2 Å². The Morgan fingerprint density at radius 3 is 2.27 bits per heavy atom. The molecule has 0 aliphatic rings. The summed E-state index contributed by atoms with van der Waals surface area (Å²) in [4.78, 5) is 4.73. The fourth-order valence-electron chi connectivity index (χ4n) is 4.88. The molecule has 0 fully saturated rings. The van der Waals surface area contributed by atoms with Gasteiger partial charge in [-0.3, -0.25) is 4.98 Å². The van der Waals surface area contributed by atoms with Gasteiger partial charge in [0.05, 0.1) is 5.52 Å². The van der Waals surface area contributed by atoms with Crippen LogP contribution in [0, 0.1) is 6.85 Å². The first-order valence-electron chi connectivity index (χ1n) is 11.7. The SMILES string of the molecule is [2H]C([2H])([2H])c1cnc2c3ccccc3c3cc4c(cc3c2c1C(C)(C)C)oc1ccccc14. The molecule has 0 amide bonds. The third kappa shape index (κ3) is 2.28. The Morgan fingerprint density at radius 2 is 1.50 bits per heavy atom. The van der Waals surface area contributed by atoms with Crippen molar-refractivity contribution in [2.45, 2.75) is 33.0 Å². The van der Waals surface area contributed by atoms with E-state index < -0.39 is 12.3 Å². The minimum atomic E-state index is -2.26. The standard InChI is InChI=1S/C28H23NO/c1-16-15-29-27-19-11-6-5-9-17(19)20-13-21-18-10-7-8-12-23(18)30-24(21)14-22(20)25(27)26(16)28(2,3)4/h5-15H,1-4H3/i1D3. The maximum Gasteiger partial charge on any atom is 0.136 e. The lowest BCUT2D eigenvalue weighted by atomic mass is 9.80. The van der Waals surface area contributed by atoms with Crippen molar-refractivity contribution in [3.63, 3.8) is 0 Å². The van der Waals surface area contributed by atoms with Crippen molar-refractivity contribution in [1.82, 2.24) is 4.98 Å².